The Hall–Kier alpha value is -3.78. The summed E-state index contributed by atoms with van der Waals surface area (Å²) in [5.41, 5.74) is 2.80. The summed E-state index contributed by atoms with van der Waals surface area (Å²) in [5.74, 6) is -0.211. The van der Waals surface area contributed by atoms with Gasteiger partial charge in [0.2, 0.25) is 0 Å². The van der Waals surface area contributed by atoms with Crippen molar-refractivity contribution >= 4 is 16.8 Å². The van der Waals surface area contributed by atoms with Crippen LogP contribution in [0.15, 0.2) is 71.9 Å². The predicted octanol–water partition coefficient (Wildman–Crippen LogP) is 2.16. The first kappa shape index (κ1) is 18.3. The van der Waals surface area contributed by atoms with Gasteiger partial charge in [-0.25, -0.2) is 4.68 Å². The third-order valence-electron chi connectivity index (χ3n) is 5.30. The molecule has 1 aliphatic rings. The minimum absolute atomic E-state index is 0.211. The summed E-state index contributed by atoms with van der Waals surface area (Å²) >= 11 is 0. The first-order chi connectivity index (χ1) is 14.7. The van der Waals surface area contributed by atoms with Crippen LogP contribution in [0.5, 0.6) is 0 Å². The van der Waals surface area contributed by atoms with Gasteiger partial charge in [-0.2, -0.15) is 5.10 Å². The Labute approximate surface area is 171 Å². The van der Waals surface area contributed by atoms with Gasteiger partial charge >= 0.3 is 0 Å². The summed E-state index contributed by atoms with van der Waals surface area (Å²) in [6.07, 6.45) is 5.19. The van der Waals surface area contributed by atoms with Crippen molar-refractivity contribution in [2.24, 2.45) is 0 Å². The number of aromatic nitrogens is 4. The quantitative estimate of drug-likeness (QED) is 0.546. The number of hydrogen-bond acceptors (Lipinski definition) is 5. The number of ether oxygens (including phenoxy) is 1. The number of nitrogens with zero attached hydrogens (tertiary/aromatic N) is 3. The molecule has 1 saturated heterocycles. The highest BCUT2D eigenvalue weighted by Gasteiger charge is 2.33. The molecule has 1 aliphatic heterocycles. The molecule has 1 fully saturated rings. The van der Waals surface area contributed by atoms with Crippen molar-refractivity contribution in [3.63, 3.8) is 0 Å². The van der Waals surface area contributed by atoms with Gasteiger partial charge in [0.25, 0.3) is 11.5 Å². The van der Waals surface area contributed by atoms with E-state index in [0.717, 1.165) is 16.5 Å². The monoisotopic (exact) mass is 401 g/mol. The van der Waals surface area contributed by atoms with Crippen LogP contribution in [-0.2, 0) is 4.74 Å². The summed E-state index contributed by atoms with van der Waals surface area (Å²) in [6.45, 7) is 0.616. The maximum atomic E-state index is 12.8. The molecule has 2 unspecified atom stereocenters. The summed E-state index contributed by atoms with van der Waals surface area (Å²) in [4.78, 5) is 32.5. The van der Waals surface area contributed by atoms with Crippen molar-refractivity contribution in [2.45, 2.75) is 12.1 Å². The molecule has 150 valence electrons. The van der Waals surface area contributed by atoms with Gasteiger partial charge < -0.3 is 15.0 Å². The Balaban J connectivity index is 1.41. The molecular formula is C22H19N5O3. The Morgan fingerprint density at radius 3 is 2.83 bits per heavy atom. The highest BCUT2D eigenvalue weighted by Crippen LogP contribution is 2.21. The molecule has 4 aromatic rings. The third kappa shape index (κ3) is 3.37. The lowest BCUT2D eigenvalue weighted by Crippen LogP contribution is -2.44. The van der Waals surface area contributed by atoms with Crippen LogP contribution in [0, 0.1) is 0 Å². The molecule has 0 radical (unpaired) electrons. The van der Waals surface area contributed by atoms with Crippen molar-refractivity contribution < 1.29 is 9.53 Å². The predicted molar refractivity (Wildman–Crippen MR) is 111 cm³/mol. The van der Waals surface area contributed by atoms with Gasteiger partial charge in [0.05, 0.1) is 24.9 Å². The second-order valence-corrected chi connectivity index (χ2v) is 7.20. The molecule has 3 aromatic heterocycles. The number of rotatable bonds is 4. The topological polar surface area (TPSA) is 102 Å². The van der Waals surface area contributed by atoms with Crippen molar-refractivity contribution in [1.29, 1.82) is 0 Å². The van der Waals surface area contributed by atoms with Crippen LogP contribution >= 0.6 is 0 Å². The van der Waals surface area contributed by atoms with Gasteiger partial charge in [-0.15, -0.1) is 0 Å². The Bertz CT molecular complexity index is 1260. The van der Waals surface area contributed by atoms with Gasteiger partial charge in [0.1, 0.15) is 6.04 Å². The lowest BCUT2D eigenvalue weighted by atomic mass is 10.1. The highest BCUT2D eigenvalue weighted by molar-refractivity contribution is 5.98. The average molecular weight is 401 g/mol. The molecule has 2 atom stereocenters. The maximum Gasteiger partial charge on any atom is 0.267 e. The molecule has 30 heavy (non-hydrogen) atoms. The zero-order valence-corrected chi connectivity index (χ0v) is 16.0. The summed E-state index contributed by atoms with van der Waals surface area (Å²) in [6, 6.07) is 13.5. The summed E-state index contributed by atoms with van der Waals surface area (Å²) < 4.78 is 7.00. The van der Waals surface area contributed by atoms with Gasteiger partial charge in [-0.1, -0.05) is 0 Å². The standard InChI is InChI=1S/C22H19N5O3/c28-21-4-3-18(14-5-8-23-9-6-14)26-27(21)20-13-30-12-19(20)25-22(29)16-1-2-17-15(11-16)7-10-24-17/h1-11,19-20,24H,12-13H2,(H,25,29). The van der Waals surface area contributed by atoms with E-state index in [9.17, 15) is 9.59 Å². The number of aromatic amines is 1. The number of amides is 1. The first-order valence-corrected chi connectivity index (χ1v) is 9.65. The lowest BCUT2D eigenvalue weighted by Gasteiger charge is -2.21. The van der Waals surface area contributed by atoms with Gasteiger partial charge in [-0.05, 0) is 42.5 Å². The largest absolute Gasteiger partial charge is 0.377 e. The molecule has 2 N–H and O–H groups in total. The van der Waals surface area contributed by atoms with Crippen LogP contribution in [-0.4, -0.2) is 44.9 Å². The van der Waals surface area contributed by atoms with E-state index >= 15 is 0 Å². The molecule has 0 bridgehead atoms. The molecule has 5 rings (SSSR count). The molecule has 8 nitrogen and oxygen atoms in total. The molecule has 0 spiro atoms. The minimum atomic E-state index is -0.390. The van der Waals surface area contributed by atoms with Crippen molar-refractivity contribution in [1.82, 2.24) is 25.1 Å². The fourth-order valence-electron chi connectivity index (χ4n) is 3.71. The fourth-order valence-corrected chi connectivity index (χ4v) is 3.71. The van der Waals surface area contributed by atoms with Gasteiger partial charge in [-0.3, -0.25) is 14.6 Å². The van der Waals surface area contributed by atoms with Crippen LogP contribution in [0.25, 0.3) is 22.2 Å². The Morgan fingerprint density at radius 2 is 1.97 bits per heavy atom. The van der Waals surface area contributed by atoms with E-state index in [1.807, 2.05) is 36.5 Å². The molecule has 1 aromatic carbocycles. The number of H-pyrrole nitrogens is 1. The molecule has 8 heteroatoms. The van der Waals surface area contributed by atoms with Crippen molar-refractivity contribution in [2.75, 3.05) is 13.2 Å². The van der Waals surface area contributed by atoms with E-state index in [1.54, 1.807) is 24.5 Å². The number of benzene rings is 1. The van der Waals surface area contributed by atoms with Crippen LogP contribution in [0.2, 0.25) is 0 Å². The van der Waals surface area contributed by atoms with E-state index in [2.05, 4.69) is 20.4 Å². The van der Waals surface area contributed by atoms with Crippen LogP contribution in [0.3, 0.4) is 0 Å². The number of fused-ring (bicyclic) bond motifs is 1. The normalized spacial score (nSPS) is 18.5. The average Bonchev–Trinajstić information content (AvgIpc) is 3.43. The number of nitrogens with one attached hydrogen (secondary N) is 2. The zero-order valence-electron chi connectivity index (χ0n) is 16.0. The minimum Gasteiger partial charge on any atom is -0.377 e. The Morgan fingerprint density at radius 1 is 1.10 bits per heavy atom. The van der Waals surface area contributed by atoms with E-state index in [0.29, 0.717) is 24.5 Å². The zero-order chi connectivity index (χ0) is 20.5. The van der Waals surface area contributed by atoms with Crippen LogP contribution in [0.4, 0.5) is 0 Å². The second-order valence-electron chi connectivity index (χ2n) is 7.20. The summed E-state index contributed by atoms with van der Waals surface area (Å²) in [5, 5.41) is 8.50. The number of pyridine rings is 1. The number of carbonyl (C=O) groups is 1. The first-order valence-electron chi connectivity index (χ1n) is 9.65. The molecule has 4 heterocycles. The van der Waals surface area contributed by atoms with E-state index in [-0.39, 0.29) is 23.6 Å². The van der Waals surface area contributed by atoms with Gasteiger partial charge in [0, 0.05) is 46.7 Å². The van der Waals surface area contributed by atoms with Crippen LogP contribution in [0.1, 0.15) is 16.4 Å². The lowest BCUT2D eigenvalue weighted by molar-refractivity contribution is 0.0925. The maximum absolute atomic E-state index is 12.8. The SMILES string of the molecule is O=C(NC1COCC1n1nc(-c2ccncc2)ccc1=O)c1ccc2[nH]ccc2c1. The Kier molecular flexibility index (Phi) is 4.61. The highest BCUT2D eigenvalue weighted by atomic mass is 16.5. The molecule has 0 saturated carbocycles. The number of hydrogen-bond donors (Lipinski definition) is 2. The van der Waals surface area contributed by atoms with Gasteiger partial charge in [0.15, 0.2) is 0 Å². The van der Waals surface area contributed by atoms with Crippen molar-refractivity contribution in [3.8, 4) is 11.3 Å². The van der Waals surface area contributed by atoms with Crippen molar-refractivity contribution in [3.05, 3.63) is 83.0 Å². The smallest absolute Gasteiger partial charge is 0.267 e. The van der Waals surface area contributed by atoms with E-state index in [4.69, 9.17) is 4.74 Å². The van der Waals surface area contributed by atoms with E-state index in [1.165, 1.54) is 10.7 Å². The summed E-state index contributed by atoms with van der Waals surface area (Å²) in [7, 11) is 0. The molecular weight excluding hydrogens is 382 g/mol. The third-order valence-corrected chi connectivity index (χ3v) is 5.30. The van der Waals surface area contributed by atoms with E-state index < -0.39 is 0 Å². The molecule has 1 amide bonds. The second kappa shape index (κ2) is 7.57. The number of carbonyl (C=O) groups excluding carboxylic acids is 1. The molecule has 0 aliphatic carbocycles. The van der Waals surface area contributed by atoms with Crippen LogP contribution < -0.4 is 10.9 Å². The fraction of sp³-hybridized carbons (Fsp3) is 0.182.